The maximum atomic E-state index is 12.2. The molecular weight excluding hydrogens is 417 g/mol. The highest BCUT2D eigenvalue weighted by molar-refractivity contribution is 9.10. The number of amides is 1. The number of nitrogens with one attached hydrogen (secondary N) is 1. The van der Waals surface area contributed by atoms with Crippen LogP contribution in [0.4, 0.5) is 0 Å². The molecule has 1 amide bonds. The molecule has 8 heteroatoms. The minimum absolute atomic E-state index is 0.110. The van der Waals surface area contributed by atoms with E-state index in [1.807, 2.05) is 0 Å². The smallest absolute Gasteiger partial charge is 0.252 e. The van der Waals surface area contributed by atoms with Crippen molar-refractivity contribution in [2.75, 3.05) is 0 Å². The van der Waals surface area contributed by atoms with Gasteiger partial charge >= 0.3 is 0 Å². The van der Waals surface area contributed by atoms with Crippen LogP contribution in [0.3, 0.4) is 0 Å². The van der Waals surface area contributed by atoms with Crippen molar-refractivity contribution >= 4 is 45.0 Å². The lowest BCUT2D eigenvalue weighted by molar-refractivity contribution is 0.0945. The molecular formula is C16H10BrCl2N3O2. The normalized spacial score (nSPS) is 10.6. The standard InChI is InChI=1S/C16H10BrCl2N3O2/c17-13-6-5-11(19)7-12(13)16(23)20-8-14-21-15(22-24-14)9-1-3-10(18)4-2-9/h1-7H,8H2,(H,20,23). The maximum absolute atomic E-state index is 12.2. The fourth-order valence-electron chi connectivity index (χ4n) is 1.97. The summed E-state index contributed by atoms with van der Waals surface area (Å²) < 4.78 is 5.79. The SMILES string of the molecule is O=C(NCc1nc(-c2ccc(Cl)cc2)no1)c1cc(Cl)ccc1Br. The Balaban J connectivity index is 1.68. The number of carbonyl (C=O) groups is 1. The van der Waals surface area contributed by atoms with Crippen molar-refractivity contribution in [3.8, 4) is 11.4 Å². The zero-order valence-electron chi connectivity index (χ0n) is 12.1. The van der Waals surface area contributed by atoms with Gasteiger partial charge in [0.15, 0.2) is 0 Å². The number of nitrogens with zero attached hydrogens (tertiary/aromatic N) is 2. The molecule has 24 heavy (non-hydrogen) atoms. The van der Waals surface area contributed by atoms with Gasteiger partial charge < -0.3 is 9.84 Å². The van der Waals surface area contributed by atoms with E-state index in [0.717, 1.165) is 5.56 Å². The van der Waals surface area contributed by atoms with E-state index in [2.05, 4.69) is 31.4 Å². The van der Waals surface area contributed by atoms with Gasteiger partial charge in [0.25, 0.3) is 5.91 Å². The van der Waals surface area contributed by atoms with Crippen molar-refractivity contribution in [3.63, 3.8) is 0 Å². The van der Waals surface area contributed by atoms with E-state index in [-0.39, 0.29) is 12.5 Å². The fraction of sp³-hybridized carbons (Fsp3) is 0.0625. The van der Waals surface area contributed by atoms with Crippen molar-refractivity contribution in [1.29, 1.82) is 0 Å². The molecule has 0 bridgehead atoms. The van der Waals surface area contributed by atoms with Gasteiger partial charge in [-0.05, 0) is 58.4 Å². The molecule has 0 spiro atoms. The molecule has 1 N–H and O–H groups in total. The van der Waals surface area contributed by atoms with Gasteiger partial charge in [0, 0.05) is 20.1 Å². The number of benzene rings is 2. The molecule has 5 nitrogen and oxygen atoms in total. The lowest BCUT2D eigenvalue weighted by Crippen LogP contribution is -2.23. The average molecular weight is 427 g/mol. The van der Waals surface area contributed by atoms with Crippen molar-refractivity contribution in [2.24, 2.45) is 0 Å². The van der Waals surface area contributed by atoms with Crippen molar-refractivity contribution < 1.29 is 9.32 Å². The molecule has 122 valence electrons. The van der Waals surface area contributed by atoms with Crippen LogP contribution in [0.15, 0.2) is 51.5 Å². The molecule has 0 radical (unpaired) electrons. The highest BCUT2D eigenvalue weighted by Crippen LogP contribution is 2.21. The molecule has 1 heterocycles. The molecule has 3 rings (SSSR count). The summed E-state index contributed by atoms with van der Waals surface area (Å²) in [5, 5.41) is 7.70. The summed E-state index contributed by atoms with van der Waals surface area (Å²) in [6, 6.07) is 12.0. The highest BCUT2D eigenvalue weighted by atomic mass is 79.9. The second kappa shape index (κ2) is 7.34. The summed E-state index contributed by atoms with van der Waals surface area (Å²) in [6.07, 6.45) is 0. The van der Waals surface area contributed by atoms with Gasteiger partial charge in [-0.3, -0.25) is 4.79 Å². The van der Waals surface area contributed by atoms with Crippen LogP contribution in [0, 0.1) is 0 Å². The molecule has 0 fully saturated rings. The van der Waals surface area contributed by atoms with Gasteiger partial charge in [-0.2, -0.15) is 4.98 Å². The molecule has 1 aromatic heterocycles. The average Bonchev–Trinajstić information content (AvgIpc) is 3.04. The molecule has 2 aromatic carbocycles. The Morgan fingerprint density at radius 1 is 1.12 bits per heavy atom. The van der Waals surface area contributed by atoms with Crippen LogP contribution >= 0.6 is 39.1 Å². The third kappa shape index (κ3) is 3.95. The summed E-state index contributed by atoms with van der Waals surface area (Å²) in [7, 11) is 0. The topological polar surface area (TPSA) is 68.0 Å². The van der Waals surface area contributed by atoms with Gasteiger partial charge in [0.1, 0.15) is 0 Å². The molecule has 3 aromatic rings. The molecule has 0 atom stereocenters. The summed E-state index contributed by atoms with van der Waals surface area (Å²) in [5.41, 5.74) is 1.21. The van der Waals surface area contributed by atoms with Crippen LogP contribution in [0.5, 0.6) is 0 Å². The second-order valence-electron chi connectivity index (χ2n) is 4.83. The fourth-order valence-corrected chi connectivity index (χ4v) is 2.69. The third-order valence-electron chi connectivity index (χ3n) is 3.14. The van der Waals surface area contributed by atoms with Gasteiger partial charge in [-0.1, -0.05) is 28.4 Å². The second-order valence-corrected chi connectivity index (χ2v) is 6.55. The maximum Gasteiger partial charge on any atom is 0.252 e. The van der Waals surface area contributed by atoms with E-state index >= 15 is 0 Å². The van der Waals surface area contributed by atoms with Gasteiger partial charge in [0.2, 0.25) is 11.7 Å². The predicted octanol–water partition coefficient (Wildman–Crippen LogP) is 4.74. The van der Waals surface area contributed by atoms with Crippen LogP contribution < -0.4 is 5.32 Å². The lowest BCUT2D eigenvalue weighted by Gasteiger charge is -2.05. The molecule has 0 aliphatic carbocycles. The third-order valence-corrected chi connectivity index (χ3v) is 4.32. The zero-order valence-corrected chi connectivity index (χ0v) is 15.2. The summed E-state index contributed by atoms with van der Waals surface area (Å²) in [6.45, 7) is 0.110. The summed E-state index contributed by atoms with van der Waals surface area (Å²) >= 11 is 15.1. The first-order valence-electron chi connectivity index (χ1n) is 6.85. The lowest BCUT2D eigenvalue weighted by atomic mass is 10.2. The minimum atomic E-state index is -0.296. The molecule has 0 unspecified atom stereocenters. The Kier molecular flexibility index (Phi) is 5.18. The van der Waals surface area contributed by atoms with E-state index in [1.54, 1.807) is 42.5 Å². The van der Waals surface area contributed by atoms with Gasteiger partial charge in [-0.25, -0.2) is 0 Å². The van der Waals surface area contributed by atoms with Gasteiger partial charge in [0.05, 0.1) is 12.1 Å². The first kappa shape index (κ1) is 17.0. The van der Waals surface area contributed by atoms with E-state index in [9.17, 15) is 4.79 Å². The van der Waals surface area contributed by atoms with E-state index in [0.29, 0.717) is 31.8 Å². The predicted molar refractivity (Wildman–Crippen MR) is 95.1 cm³/mol. The molecule has 0 saturated heterocycles. The van der Waals surface area contributed by atoms with Crippen LogP contribution in [0.2, 0.25) is 10.0 Å². The highest BCUT2D eigenvalue weighted by Gasteiger charge is 2.13. The first-order valence-corrected chi connectivity index (χ1v) is 8.39. The molecule has 0 aliphatic heterocycles. The number of hydrogen-bond acceptors (Lipinski definition) is 4. The zero-order chi connectivity index (χ0) is 17.1. The monoisotopic (exact) mass is 425 g/mol. The number of aromatic nitrogens is 2. The largest absolute Gasteiger partial charge is 0.343 e. The summed E-state index contributed by atoms with van der Waals surface area (Å²) in [4.78, 5) is 16.4. The number of carbonyl (C=O) groups excluding carboxylic acids is 1. The quantitative estimate of drug-likeness (QED) is 0.654. The Morgan fingerprint density at radius 3 is 2.58 bits per heavy atom. The van der Waals surface area contributed by atoms with Crippen LogP contribution in [-0.4, -0.2) is 16.0 Å². The Labute approximate surface area is 156 Å². The van der Waals surface area contributed by atoms with Crippen molar-refractivity contribution in [2.45, 2.75) is 6.54 Å². The van der Waals surface area contributed by atoms with E-state index < -0.39 is 0 Å². The summed E-state index contributed by atoms with van der Waals surface area (Å²) in [5.74, 6) is 0.432. The minimum Gasteiger partial charge on any atom is -0.343 e. The Bertz CT molecular complexity index is 881. The Hall–Kier alpha value is -1.89. The van der Waals surface area contributed by atoms with Crippen LogP contribution in [0.25, 0.3) is 11.4 Å². The molecule has 0 saturated carbocycles. The number of hydrogen-bond donors (Lipinski definition) is 1. The van der Waals surface area contributed by atoms with Crippen LogP contribution in [-0.2, 0) is 6.54 Å². The number of rotatable bonds is 4. The molecule has 0 aliphatic rings. The van der Waals surface area contributed by atoms with E-state index in [1.165, 1.54) is 0 Å². The Morgan fingerprint density at radius 2 is 1.83 bits per heavy atom. The number of halogens is 3. The van der Waals surface area contributed by atoms with Crippen LogP contribution in [0.1, 0.15) is 16.2 Å². The van der Waals surface area contributed by atoms with Crippen molar-refractivity contribution in [1.82, 2.24) is 15.5 Å². The van der Waals surface area contributed by atoms with Crippen molar-refractivity contribution in [3.05, 3.63) is 68.4 Å². The van der Waals surface area contributed by atoms with Gasteiger partial charge in [-0.15, -0.1) is 0 Å². The first-order chi connectivity index (χ1) is 11.5. The van der Waals surface area contributed by atoms with E-state index in [4.69, 9.17) is 27.7 Å².